The lowest BCUT2D eigenvalue weighted by molar-refractivity contribution is 0.372. The van der Waals surface area contributed by atoms with Crippen LogP contribution in [-0.4, -0.2) is 21.2 Å². The van der Waals surface area contributed by atoms with E-state index in [2.05, 4.69) is 15.1 Å². The van der Waals surface area contributed by atoms with Crippen molar-refractivity contribution in [1.29, 1.82) is 0 Å². The quantitative estimate of drug-likeness (QED) is 0.786. The van der Waals surface area contributed by atoms with Gasteiger partial charge in [0.2, 0.25) is 11.7 Å². The van der Waals surface area contributed by atoms with Crippen LogP contribution in [0.3, 0.4) is 0 Å². The van der Waals surface area contributed by atoms with Crippen molar-refractivity contribution in [3.63, 3.8) is 0 Å². The van der Waals surface area contributed by atoms with E-state index in [4.69, 9.17) is 10.3 Å². The van der Waals surface area contributed by atoms with Crippen molar-refractivity contribution in [2.75, 3.05) is 0 Å². The average molecular weight is 268 g/mol. The van der Waals surface area contributed by atoms with Gasteiger partial charge in [0.25, 0.3) is 0 Å². The molecule has 3 aromatic rings. The summed E-state index contributed by atoms with van der Waals surface area (Å²) in [6.07, 6.45) is 1.52. The number of nitrogens with zero attached hydrogens (tertiary/aromatic N) is 3. The predicted octanol–water partition coefficient (Wildman–Crippen LogP) is 2.56. The number of aromatic nitrogens is 3. The second kappa shape index (κ2) is 5.38. The molecule has 0 aliphatic heterocycles. The summed E-state index contributed by atoms with van der Waals surface area (Å²) in [6.45, 7) is 1.96. The van der Waals surface area contributed by atoms with Gasteiger partial charge in [0.1, 0.15) is 5.69 Å². The van der Waals surface area contributed by atoms with Gasteiger partial charge in [-0.05, 0) is 25.5 Å². The molecule has 0 spiro atoms. The third-order valence-corrected chi connectivity index (χ3v) is 3.11. The van der Waals surface area contributed by atoms with Gasteiger partial charge < -0.3 is 10.3 Å². The molecule has 5 nitrogen and oxygen atoms in total. The molecule has 0 fully saturated rings. The Morgan fingerprint density at radius 3 is 2.85 bits per heavy atom. The SMILES string of the molecule is CC(N)CCc1nc(-c2ccc3ccccc3n2)no1. The van der Waals surface area contributed by atoms with Crippen molar-refractivity contribution in [3.05, 3.63) is 42.3 Å². The molecule has 1 unspecified atom stereocenters. The molecule has 3 rings (SSSR count). The van der Waals surface area contributed by atoms with E-state index < -0.39 is 0 Å². The van der Waals surface area contributed by atoms with Crippen LogP contribution in [0, 0.1) is 0 Å². The van der Waals surface area contributed by atoms with E-state index in [1.807, 2.05) is 43.3 Å². The summed E-state index contributed by atoms with van der Waals surface area (Å²) < 4.78 is 5.22. The second-order valence-corrected chi connectivity index (χ2v) is 4.92. The molecule has 0 aliphatic rings. The van der Waals surface area contributed by atoms with Crippen LogP contribution in [0.2, 0.25) is 0 Å². The van der Waals surface area contributed by atoms with Gasteiger partial charge in [-0.25, -0.2) is 4.98 Å². The summed E-state index contributed by atoms with van der Waals surface area (Å²) in [4.78, 5) is 8.91. The zero-order chi connectivity index (χ0) is 13.9. The van der Waals surface area contributed by atoms with Crippen molar-refractivity contribution in [2.45, 2.75) is 25.8 Å². The lowest BCUT2D eigenvalue weighted by Gasteiger charge is -1.99. The first-order valence-corrected chi connectivity index (χ1v) is 6.67. The van der Waals surface area contributed by atoms with E-state index in [-0.39, 0.29) is 6.04 Å². The minimum Gasteiger partial charge on any atom is -0.339 e. The molecule has 0 aliphatic carbocycles. The van der Waals surface area contributed by atoms with Gasteiger partial charge in [0.15, 0.2) is 0 Å². The minimum atomic E-state index is 0.129. The molecule has 2 N–H and O–H groups in total. The van der Waals surface area contributed by atoms with Gasteiger partial charge >= 0.3 is 0 Å². The number of benzene rings is 1. The highest BCUT2D eigenvalue weighted by Crippen LogP contribution is 2.18. The predicted molar refractivity (Wildman–Crippen MR) is 77.0 cm³/mol. The molecule has 20 heavy (non-hydrogen) atoms. The van der Waals surface area contributed by atoms with Crippen LogP contribution < -0.4 is 5.73 Å². The van der Waals surface area contributed by atoms with Crippen molar-refractivity contribution < 1.29 is 4.52 Å². The molecule has 0 saturated carbocycles. The van der Waals surface area contributed by atoms with E-state index in [1.165, 1.54) is 0 Å². The van der Waals surface area contributed by atoms with Crippen molar-refractivity contribution >= 4 is 10.9 Å². The Kier molecular flexibility index (Phi) is 3.43. The largest absolute Gasteiger partial charge is 0.339 e. The Labute approximate surface area is 116 Å². The van der Waals surface area contributed by atoms with Crippen LogP contribution in [0.1, 0.15) is 19.2 Å². The number of fused-ring (bicyclic) bond motifs is 1. The topological polar surface area (TPSA) is 77.8 Å². The molecule has 0 amide bonds. The minimum absolute atomic E-state index is 0.129. The third kappa shape index (κ3) is 2.67. The molecule has 102 valence electrons. The molecule has 1 atom stereocenters. The Morgan fingerprint density at radius 1 is 1.15 bits per heavy atom. The Balaban J connectivity index is 1.87. The number of hydrogen-bond donors (Lipinski definition) is 1. The first-order valence-electron chi connectivity index (χ1n) is 6.67. The summed E-state index contributed by atoms with van der Waals surface area (Å²) in [6, 6.07) is 12.0. The standard InChI is InChI=1S/C15H16N4O/c1-10(16)6-9-14-18-15(19-20-14)13-8-7-11-4-2-3-5-12(11)17-13/h2-5,7-8,10H,6,9,16H2,1H3. The number of nitrogens with two attached hydrogens (primary N) is 1. The highest BCUT2D eigenvalue weighted by Gasteiger charge is 2.10. The summed E-state index contributed by atoms with van der Waals surface area (Å²) in [5, 5.41) is 5.08. The van der Waals surface area contributed by atoms with Crippen LogP contribution in [-0.2, 0) is 6.42 Å². The van der Waals surface area contributed by atoms with E-state index in [0.717, 1.165) is 23.0 Å². The molecule has 0 radical (unpaired) electrons. The molecular formula is C15H16N4O. The fraction of sp³-hybridized carbons (Fsp3) is 0.267. The third-order valence-electron chi connectivity index (χ3n) is 3.11. The molecule has 0 bridgehead atoms. The smallest absolute Gasteiger partial charge is 0.227 e. The highest BCUT2D eigenvalue weighted by atomic mass is 16.5. The lowest BCUT2D eigenvalue weighted by Crippen LogP contribution is -2.15. The van der Waals surface area contributed by atoms with Crippen LogP contribution in [0.15, 0.2) is 40.9 Å². The van der Waals surface area contributed by atoms with E-state index >= 15 is 0 Å². The summed E-state index contributed by atoms with van der Waals surface area (Å²) >= 11 is 0. The number of pyridine rings is 1. The maximum absolute atomic E-state index is 5.72. The van der Waals surface area contributed by atoms with Gasteiger partial charge in [0.05, 0.1) is 5.52 Å². The number of para-hydroxylation sites is 1. The summed E-state index contributed by atoms with van der Waals surface area (Å²) in [5.41, 5.74) is 7.36. The number of rotatable bonds is 4. The summed E-state index contributed by atoms with van der Waals surface area (Å²) in [7, 11) is 0. The zero-order valence-electron chi connectivity index (χ0n) is 11.3. The molecule has 5 heteroatoms. The molecule has 0 saturated heterocycles. The van der Waals surface area contributed by atoms with E-state index in [9.17, 15) is 0 Å². The van der Waals surface area contributed by atoms with Gasteiger partial charge in [0, 0.05) is 17.8 Å². The summed E-state index contributed by atoms with van der Waals surface area (Å²) in [5.74, 6) is 1.13. The second-order valence-electron chi connectivity index (χ2n) is 4.92. The molecular weight excluding hydrogens is 252 g/mol. The van der Waals surface area contributed by atoms with Gasteiger partial charge in [-0.1, -0.05) is 29.4 Å². The molecule has 2 heterocycles. The number of aryl methyl sites for hydroxylation is 1. The number of hydrogen-bond acceptors (Lipinski definition) is 5. The Bertz CT molecular complexity index is 720. The van der Waals surface area contributed by atoms with Gasteiger partial charge in [-0.2, -0.15) is 4.98 Å². The highest BCUT2D eigenvalue weighted by molar-refractivity contribution is 5.80. The van der Waals surface area contributed by atoms with Crippen molar-refractivity contribution in [1.82, 2.24) is 15.1 Å². The van der Waals surface area contributed by atoms with Gasteiger partial charge in [-0.15, -0.1) is 0 Å². The molecule has 1 aromatic carbocycles. The fourth-order valence-corrected chi connectivity index (χ4v) is 2.00. The maximum Gasteiger partial charge on any atom is 0.227 e. The van der Waals surface area contributed by atoms with E-state index in [0.29, 0.717) is 18.1 Å². The Morgan fingerprint density at radius 2 is 2.00 bits per heavy atom. The zero-order valence-corrected chi connectivity index (χ0v) is 11.3. The first kappa shape index (κ1) is 12.7. The van der Waals surface area contributed by atoms with E-state index in [1.54, 1.807) is 0 Å². The van der Waals surface area contributed by atoms with Gasteiger partial charge in [-0.3, -0.25) is 0 Å². The normalized spacial score (nSPS) is 12.7. The Hall–Kier alpha value is -2.27. The van der Waals surface area contributed by atoms with Crippen molar-refractivity contribution in [2.24, 2.45) is 5.73 Å². The van der Waals surface area contributed by atoms with Crippen LogP contribution in [0.4, 0.5) is 0 Å². The first-order chi connectivity index (χ1) is 9.72. The molecule has 2 aromatic heterocycles. The average Bonchev–Trinajstić information content (AvgIpc) is 2.93. The van der Waals surface area contributed by atoms with Crippen molar-refractivity contribution in [3.8, 4) is 11.5 Å². The monoisotopic (exact) mass is 268 g/mol. The lowest BCUT2D eigenvalue weighted by atomic mass is 10.2. The van der Waals surface area contributed by atoms with Crippen LogP contribution in [0.5, 0.6) is 0 Å². The fourth-order valence-electron chi connectivity index (χ4n) is 2.00. The van der Waals surface area contributed by atoms with Crippen LogP contribution >= 0.6 is 0 Å². The maximum atomic E-state index is 5.72. The van der Waals surface area contributed by atoms with Crippen LogP contribution in [0.25, 0.3) is 22.4 Å².